The largest absolute Gasteiger partial charge is 0.315 e. The van der Waals surface area contributed by atoms with E-state index in [2.05, 4.69) is 6.07 Å². The van der Waals surface area contributed by atoms with Gasteiger partial charge in [0.05, 0.1) is 11.5 Å². The van der Waals surface area contributed by atoms with Crippen LogP contribution in [-0.2, 0) is 6.54 Å². The highest BCUT2D eigenvalue weighted by Gasteiger charge is 2.16. The van der Waals surface area contributed by atoms with Crippen LogP contribution in [0.4, 0.5) is 0 Å². The van der Waals surface area contributed by atoms with Crippen molar-refractivity contribution in [2.45, 2.75) is 33.7 Å². The molecule has 0 spiro atoms. The predicted octanol–water partition coefficient (Wildman–Crippen LogP) is 2.10. The molecule has 1 aromatic heterocycles. The minimum atomic E-state index is -0.372. The van der Waals surface area contributed by atoms with E-state index in [0.29, 0.717) is 13.0 Å². The average molecular weight is 204 g/mol. The molecule has 0 atom stereocenters. The molecular formula is C12H16N2O. The molecule has 1 aromatic rings. The summed E-state index contributed by atoms with van der Waals surface area (Å²) in [5.74, 6) is 0. The number of rotatable bonds is 3. The monoisotopic (exact) mass is 204 g/mol. The molecule has 0 bridgehead atoms. The van der Waals surface area contributed by atoms with Crippen molar-refractivity contribution >= 4 is 0 Å². The maximum absolute atomic E-state index is 11.7. The Hall–Kier alpha value is -1.56. The minimum Gasteiger partial charge on any atom is -0.315 e. The number of pyridine rings is 1. The van der Waals surface area contributed by atoms with Gasteiger partial charge in [-0.25, -0.2) is 0 Å². The highest BCUT2D eigenvalue weighted by Crippen LogP contribution is 2.18. The van der Waals surface area contributed by atoms with Gasteiger partial charge in [0.2, 0.25) is 0 Å². The van der Waals surface area contributed by atoms with Gasteiger partial charge in [0.25, 0.3) is 5.56 Å². The Morgan fingerprint density at radius 3 is 2.80 bits per heavy atom. The molecule has 80 valence electrons. The average Bonchev–Trinajstić information content (AvgIpc) is 2.20. The first-order chi connectivity index (χ1) is 6.96. The quantitative estimate of drug-likeness (QED) is 0.756. The normalized spacial score (nSPS) is 11.1. The van der Waals surface area contributed by atoms with Crippen molar-refractivity contribution in [3.63, 3.8) is 0 Å². The number of aryl methyl sites for hydroxylation is 2. The number of hydrogen-bond acceptors (Lipinski definition) is 2. The second-order valence-electron chi connectivity index (χ2n) is 4.44. The van der Waals surface area contributed by atoms with Crippen molar-refractivity contribution in [2.75, 3.05) is 0 Å². The summed E-state index contributed by atoms with van der Waals surface area (Å²) in [6, 6.07) is 5.89. The first-order valence-electron chi connectivity index (χ1n) is 5.03. The molecule has 0 aliphatic rings. The molecule has 0 fully saturated rings. The van der Waals surface area contributed by atoms with E-state index in [4.69, 9.17) is 5.26 Å². The number of nitrogens with zero attached hydrogens (tertiary/aromatic N) is 2. The highest BCUT2D eigenvalue weighted by molar-refractivity contribution is 5.07. The van der Waals surface area contributed by atoms with E-state index < -0.39 is 0 Å². The Morgan fingerprint density at radius 1 is 1.53 bits per heavy atom. The maximum atomic E-state index is 11.7. The van der Waals surface area contributed by atoms with Gasteiger partial charge in [-0.3, -0.25) is 4.79 Å². The van der Waals surface area contributed by atoms with Crippen molar-refractivity contribution in [3.05, 3.63) is 34.2 Å². The third-order valence-electron chi connectivity index (χ3n) is 2.49. The Morgan fingerprint density at radius 2 is 2.20 bits per heavy atom. The Bertz CT molecular complexity index is 438. The standard InChI is InChI=1S/C12H16N2O/c1-10-5-4-7-14(11(10)15)8-6-12(2,3)9-13/h4-5,7H,6,8H2,1-3H3. The molecular weight excluding hydrogens is 188 g/mol. The summed E-state index contributed by atoms with van der Waals surface area (Å²) in [5.41, 5.74) is 0.405. The summed E-state index contributed by atoms with van der Waals surface area (Å²) in [4.78, 5) is 11.7. The highest BCUT2D eigenvalue weighted by atomic mass is 16.1. The van der Waals surface area contributed by atoms with E-state index >= 15 is 0 Å². The van der Waals surface area contributed by atoms with Crippen molar-refractivity contribution in [1.29, 1.82) is 5.26 Å². The van der Waals surface area contributed by atoms with E-state index in [0.717, 1.165) is 5.56 Å². The van der Waals surface area contributed by atoms with Crippen molar-refractivity contribution < 1.29 is 0 Å². The predicted molar refractivity (Wildman–Crippen MR) is 59.5 cm³/mol. The molecule has 0 radical (unpaired) electrons. The van der Waals surface area contributed by atoms with Crippen molar-refractivity contribution in [2.24, 2.45) is 5.41 Å². The second kappa shape index (κ2) is 4.31. The molecule has 1 heterocycles. The molecule has 0 aliphatic carbocycles. The summed E-state index contributed by atoms with van der Waals surface area (Å²) >= 11 is 0. The SMILES string of the molecule is Cc1cccn(CCC(C)(C)C#N)c1=O. The van der Waals surface area contributed by atoms with Crippen LogP contribution in [0, 0.1) is 23.7 Å². The Labute approximate surface area is 90.0 Å². The zero-order valence-electron chi connectivity index (χ0n) is 9.45. The van der Waals surface area contributed by atoms with E-state index in [1.54, 1.807) is 23.8 Å². The summed E-state index contributed by atoms with van der Waals surface area (Å²) < 4.78 is 1.66. The van der Waals surface area contributed by atoms with E-state index in [1.807, 2.05) is 19.9 Å². The molecule has 0 aromatic carbocycles. The summed E-state index contributed by atoms with van der Waals surface area (Å²) in [5, 5.41) is 8.86. The van der Waals surface area contributed by atoms with Gasteiger partial charge in [-0.05, 0) is 33.3 Å². The lowest BCUT2D eigenvalue weighted by Gasteiger charge is -2.15. The number of hydrogen-bond donors (Lipinski definition) is 0. The summed E-state index contributed by atoms with van der Waals surface area (Å²) in [6.45, 7) is 6.16. The van der Waals surface area contributed by atoms with E-state index in [9.17, 15) is 4.79 Å². The molecule has 0 saturated carbocycles. The number of nitriles is 1. The van der Waals surface area contributed by atoms with Gasteiger partial charge in [0.15, 0.2) is 0 Å². The van der Waals surface area contributed by atoms with Crippen LogP contribution < -0.4 is 5.56 Å². The lowest BCUT2D eigenvalue weighted by atomic mass is 9.91. The molecule has 3 heteroatoms. The third-order valence-corrected chi connectivity index (χ3v) is 2.49. The summed E-state index contributed by atoms with van der Waals surface area (Å²) in [6.07, 6.45) is 2.45. The lowest BCUT2D eigenvalue weighted by Crippen LogP contribution is -2.23. The zero-order chi connectivity index (χ0) is 11.5. The van der Waals surface area contributed by atoms with Crippen LogP contribution in [0.25, 0.3) is 0 Å². The van der Waals surface area contributed by atoms with Gasteiger partial charge < -0.3 is 4.57 Å². The van der Waals surface area contributed by atoms with Crippen molar-refractivity contribution in [1.82, 2.24) is 4.57 Å². The first kappa shape index (κ1) is 11.5. The topological polar surface area (TPSA) is 45.8 Å². The second-order valence-corrected chi connectivity index (χ2v) is 4.44. The van der Waals surface area contributed by atoms with E-state index in [-0.39, 0.29) is 11.0 Å². The fraction of sp³-hybridized carbons (Fsp3) is 0.500. The van der Waals surface area contributed by atoms with Gasteiger partial charge >= 0.3 is 0 Å². The lowest BCUT2D eigenvalue weighted by molar-refractivity contribution is 0.409. The van der Waals surface area contributed by atoms with Gasteiger partial charge in [-0.1, -0.05) is 6.07 Å². The van der Waals surface area contributed by atoms with Crippen LogP contribution in [0.3, 0.4) is 0 Å². The summed E-state index contributed by atoms with van der Waals surface area (Å²) in [7, 11) is 0. The van der Waals surface area contributed by atoms with Gasteiger partial charge in [0.1, 0.15) is 0 Å². The molecule has 3 nitrogen and oxygen atoms in total. The number of aromatic nitrogens is 1. The van der Waals surface area contributed by atoms with Crippen LogP contribution in [0.1, 0.15) is 25.8 Å². The fourth-order valence-electron chi connectivity index (χ4n) is 1.29. The molecule has 0 aliphatic heterocycles. The Balaban J connectivity index is 2.80. The van der Waals surface area contributed by atoms with Gasteiger partial charge in [-0.2, -0.15) is 5.26 Å². The van der Waals surface area contributed by atoms with Crippen LogP contribution in [0.15, 0.2) is 23.1 Å². The van der Waals surface area contributed by atoms with Gasteiger partial charge in [-0.15, -0.1) is 0 Å². The van der Waals surface area contributed by atoms with Crippen LogP contribution in [-0.4, -0.2) is 4.57 Å². The van der Waals surface area contributed by atoms with E-state index in [1.165, 1.54) is 0 Å². The molecule has 15 heavy (non-hydrogen) atoms. The van der Waals surface area contributed by atoms with Crippen LogP contribution >= 0.6 is 0 Å². The first-order valence-corrected chi connectivity index (χ1v) is 5.03. The van der Waals surface area contributed by atoms with Crippen molar-refractivity contribution in [3.8, 4) is 6.07 Å². The third kappa shape index (κ3) is 2.95. The minimum absolute atomic E-state index is 0.0336. The molecule has 0 amide bonds. The zero-order valence-corrected chi connectivity index (χ0v) is 9.45. The van der Waals surface area contributed by atoms with Crippen LogP contribution in [0.5, 0.6) is 0 Å². The molecule has 0 saturated heterocycles. The molecule has 1 rings (SSSR count). The smallest absolute Gasteiger partial charge is 0.253 e. The molecule has 0 N–H and O–H groups in total. The maximum Gasteiger partial charge on any atom is 0.253 e. The molecule has 0 unspecified atom stereocenters. The van der Waals surface area contributed by atoms with Crippen LogP contribution in [0.2, 0.25) is 0 Å². The van der Waals surface area contributed by atoms with Gasteiger partial charge in [0, 0.05) is 18.3 Å². The Kier molecular flexibility index (Phi) is 3.31. The fourth-order valence-corrected chi connectivity index (χ4v) is 1.29.